The maximum Gasteiger partial charge on any atom is 0.272 e. The van der Waals surface area contributed by atoms with Crippen molar-refractivity contribution in [2.75, 3.05) is 38.6 Å². The summed E-state index contributed by atoms with van der Waals surface area (Å²) in [5, 5.41) is 14.0. The summed E-state index contributed by atoms with van der Waals surface area (Å²) in [6, 6.07) is 13.2. The topological polar surface area (TPSA) is 79.9 Å². The molecule has 7 nitrogen and oxygen atoms in total. The van der Waals surface area contributed by atoms with Crippen LogP contribution in [0.15, 0.2) is 42.5 Å². The van der Waals surface area contributed by atoms with Gasteiger partial charge in [0.25, 0.3) is 11.6 Å². The van der Waals surface area contributed by atoms with Crippen LogP contribution in [0.1, 0.15) is 40.4 Å². The van der Waals surface area contributed by atoms with Crippen molar-refractivity contribution in [2.24, 2.45) is 0 Å². The van der Waals surface area contributed by atoms with Crippen molar-refractivity contribution >= 4 is 17.3 Å². The predicted octanol–water partition coefficient (Wildman–Crippen LogP) is 2.12. The second-order valence-electron chi connectivity index (χ2n) is 7.87. The number of hydrogen-bond acceptors (Lipinski definition) is 4. The van der Waals surface area contributed by atoms with Gasteiger partial charge in [-0.3, -0.25) is 14.9 Å². The van der Waals surface area contributed by atoms with Crippen LogP contribution in [-0.4, -0.2) is 44.6 Å². The molecular formula is C22H29N4O3+. The van der Waals surface area contributed by atoms with E-state index in [4.69, 9.17) is 0 Å². The quantitative estimate of drug-likeness (QED) is 0.554. The van der Waals surface area contributed by atoms with Gasteiger partial charge in [0.15, 0.2) is 0 Å². The number of aryl methyl sites for hydroxylation is 1. The Bertz CT molecular complexity index is 874. The van der Waals surface area contributed by atoms with Crippen molar-refractivity contribution in [1.29, 1.82) is 0 Å². The third-order valence-electron chi connectivity index (χ3n) is 5.67. The summed E-state index contributed by atoms with van der Waals surface area (Å²) >= 11 is 0. The van der Waals surface area contributed by atoms with Gasteiger partial charge < -0.3 is 15.1 Å². The number of carbonyl (C=O) groups is 1. The SMILES string of the molecule is Cc1cc(C(=O)NC[C@H](c2ccc(N(C)C)cc2)[NH+]2CCCC2)ccc1[N+](=O)[O-]. The Hall–Kier alpha value is -2.93. The van der Waals surface area contributed by atoms with E-state index in [1.54, 1.807) is 13.0 Å². The van der Waals surface area contributed by atoms with E-state index in [-0.39, 0.29) is 17.6 Å². The zero-order chi connectivity index (χ0) is 21.0. The van der Waals surface area contributed by atoms with Gasteiger partial charge in [0, 0.05) is 55.4 Å². The van der Waals surface area contributed by atoms with Crippen molar-refractivity contribution in [3.63, 3.8) is 0 Å². The molecule has 1 heterocycles. The number of anilines is 1. The minimum atomic E-state index is -0.429. The predicted molar refractivity (Wildman–Crippen MR) is 114 cm³/mol. The summed E-state index contributed by atoms with van der Waals surface area (Å²) in [6.45, 7) is 4.39. The molecule has 29 heavy (non-hydrogen) atoms. The maximum atomic E-state index is 12.7. The molecule has 154 valence electrons. The van der Waals surface area contributed by atoms with Crippen LogP contribution in [0, 0.1) is 17.0 Å². The molecule has 1 saturated heterocycles. The standard InChI is InChI=1S/C22H28N4O3/c1-16-14-18(8-11-20(16)26(28)29)22(27)23-15-21(25-12-4-5-13-25)17-6-9-19(10-7-17)24(2)3/h6-11,14,21H,4-5,12-13,15H2,1-3H3,(H,23,27)/p+1/t21-/m1/s1. The first-order valence-corrected chi connectivity index (χ1v) is 10.0. The average Bonchev–Trinajstić information content (AvgIpc) is 3.22. The third kappa shape index (κ3) is 4.92. The van der Waals surface area contributed by atoms with Crippen LogP contribution in [0.5, 0.6) is 0 Å². The highest BCUT2D eigenvalue weighted by molar-refractivity contribution is 5.94. The van der Waals surface area contributed by atoms with Crippen molar-refractivity contribution in [2.45, 2.75) is 25.8 Å². The molecule has 2 aromatic rings. The number of nitro benzene ring substituents is 1. The zero-order valence-corrected chi connectivity index (χ0v) is 17.3. The van der Waals surface area contributed by atoms with Crippen molar-refractivity contribution in [3.05, 3.63) is 69.3 Å². The number of nitrogens with zero attached hydrogens (tertiary/aromatic N) is 2. The molecule has 1 aliphatic heterocycles. The Kier molecular flexibility index (Phi) is 6.49. The lowest BCUT2D eigenvalue weighted by Crippen LogP contribution is -3.11. The summed E-state index contributed by atoms with van der Waals surface area (Å²) in [6.07, 6.45) is 2.41. The Morgan fingerprint density at radius 2 is 1.83 bits per heavy atom. The third-order valence-corrected chi connectivity index (χ3v) is 5.67. The number of quaternary nitrogens is 1. The minimum Gasteiger partial charge on any atom is -0.378 e. The number of carbonyl (C=O) groups excluding carboxylic acids is 1. The number of hydrogen-bond donors (Lipinski definition) is 2. The van der Waals surface area contributed by atoms with E-state index in [1.807, 2.05) is 14.1 Å². The molecule has 7 heteroatoms. The normalized spacial score (nSPS) is 15.1. The number of benzene rings is 2. The van der Waals surface area contributed by atoms with Gasteiger partial charge in [-0.25, -0.2) is 0 Å². The largest absolute Gasteiger partial charge is 0.378 e. The van der Waals surface area contributed by atoms with Crippen LogP contribution in [-0.2, 0) is 0 Å². The highest BCUT2D eigenvalue weighted by Crippen LogP contribution is 2.20. The number of likely N-dealkylation sites (tertiary alicyclic amines) is 1. The summed E-state index contributed by atoms with van der Waals surface area (Å²) in [5.41, 5.74) is 3.33. The van der Waals surface area contributed by atoms with E-state index in [1.165, 1.54) is 35.4 Å². The van der Waals surface area contributed by atoms with Gasteiger partial charge in [0.2, 0.25) is 0 Å². The van der Waals surface area contributed by atoms with Gasteiger partial charge in [-0.05, 0) is 31.2 Å². The van der Waals surface area contributed by atoms with Crippen LogP contribution < -0.4 is 15.1 Å². The van der Waals surface area contributed by atoms with Crippen LogP contribution >= 0.6 is 0 Å². The first-order chi connectivity index (χ1) is 13.9. The van der Waals surface area contributed by atoms with E-state index in [0.717, 1.165) is 18.8 Å². The van der Waals surface area contributed by atoms with Gasteiger partial charge in [-0.1, -0.05) is 12.1 Å². The minimum absolute atomic E-state index is 0.0296. The van der Waals surface area contributed by atoms with Gasteiger partial charge >= 0.3 is 0 Å². The molecule has 0 unspecified atom stereocenters. The first-order valence-electron chi connectivity index (χ1n) is 10.0. The smallest absolute Gasteiger partial charge is 0.272 e. The van der Waals surface area contributed by atoms with Gasteiger partial charge in [0.05, 0.1) is 24.6 Å². The lowest BCUT2D eigenvalue weighted by atomic mass is 10.0. The lowest BCUT2D eigenvalue weighted by molar-refractivity contribution is -0.918. The van der Waals surface area contributed by atoms with Gasteiger partial charge in [-0.15, -0.1) is 0 Å². The Labute approximate surface area is 171 Å². The van der Waals surface area contributed by atoms with Crippen molar-refractivity contribution in [1.82, 2.24) is 5.32 Å². The molecule has 1 aliphatic rings. The molecule has 1 fully saturated rings. The molecule has 2 aromatic carbocycles. The fourth-order valence-corrected chi connectivity index (χ4v) is 3.98. The second kappa shape index (κ2) is 9.05. The van der Waals surface area contributed by atoms with E-state index >= 15 is 0 Å². The second-order valence-corrected chi connectivity index (χ2v) is 7.87. The van der Waals surface area contributed by atoms with Crippen molar-refractivity contribution in [3.8, 4) is 0 Å². The number of nitro groups is 1. The molecule has 0 aliphatic carbocycles. The highest BCUT2D eigenvalue weighted by Gasteiger charge is 2.28. The molecule has 0 spiro atoms. The average molecular weight is 397 g/mol. The van der Waals surface area contributed by atoms with E-state index in [0.29, 0.717) is 17.7 Å². The first kappa shape index (κ1) is 20.8. The monoisotopic (exact) mass is 397 g/mol. The van der Waals surface area contributed by atoms with E-state index in [2.05, 4.69) is 34.5 Å². The molecule has 1 amide bonds. The Morgan fingerprint density at radius 1 is 1.17 bits per heavy atom. The summed E-state index contributed by atoms with van der Waals surface area (Å²) in [4.78, 5) is 26.8. The van der Waals surface area contributed by atoms with Crippen LogP contribution in [0.2, 0.25) is 0 Å². The summed E-state index contributed by atoms with van der Waals surface area (Å²) in [7, 11) is 4.04. The van der Waals surface area contributed by atoms with Crippen LogP contribution in [0.25, 0.3) is 0 Å². The Balaban J connectivity index is 1.73. The Morgan fingerprint density at radius 3 is 2.38 bits per heavy atom. The highest BCUT2D eigenvalue weighted by atomic mass is 16.6. The van der Waals surface area contributed by atoms with Gasteiger partial charge in [0.1, 0.15) is 6.04 Å². The zero-order valence-electron chi connectivity index (χ0n) is 17.3. The molecular weight excluding hydrogens is 368 g/mol. The number of nitrogens with one attached hydrogen (secondary N) is 2. The molecule has 0 bridgehead atoms. The molecule has 0 aromatic heterocycles. The van der Waals surface area contributed by atoms with E-state index < -0.39 is 4.92 Å². The van der Waals surface area contributed by atoms with Crippen LogP contribution in [0.3, 0.4) is 0 Å². The number of amides is 1. The number of rotatable bonds is 7. The molecule has 0 saturated carbocycles. The fourth-order valence-electron chi connectivity index (χ4n) is 3.98. The van der Waals surface area contributed by atoms with Crippen LogP contribution in [0.4, 0.5) is 11.4 Å². The maximum absolute atomic E-state index is 12.7. The van der Waals surface area contributed by atoms with Gasteiger partial charge in [-0.2, -0.15) is 0 Å². The fraction of sp³-hybridized carbons (Fsp3) is 0.409. The lowest BCUT2D eigenvalue weighted by Gasteiger charge is -2.26. The molecule has 3 rings (SSSR count). The molecule has 1 atom stereocenters. The van der Waals surface area contributed by atoms with E-state index in [9.17, 15) is 14.9 Å². The summed E-state index contributed by atoms with van der Waals surface area (Å²) < 4.78 is 0. The molecule has 0 radical (unpaired) electrons. The molecule has 2 N–H and O–H groups in total. The summed E-state index contributed by atoms with van der Waals surface area (Å²) in [5.74, 6) is -0.198. The van der Waals surface area contributed by atoms with Crippen molar-refractivity contribution < 1.29 is 14.6 Å².